The highest BCUT2D eigenvalue weighted by Gasteiger charge is 2.32. The van der Waals surface area contributed by atoms with Crippen molar-refractivity contribution in [2.75, 3.05) is 13.2 Å². The first-order chi connectivity index (χ1) is 10.4. The molecule has 0 saturated heterocycles. The van der Waals surface area contributed by atoms with Gasteiger partial charge in [-0.15, -0.1) is 0 Å². The van der Waals surface area contributed by atoms with Gasteiger partial charge in [-0.05, 0) is 56.4 Å². The van der Waals surface area contributed by atoms with Gasteiger partial charge in [0.2, 0.25) is 0 Å². The molecule has 0 spiro atoms. The molecule has 1 fully saturated rings. The number of hydrogen-bond acceptors (Lipinski definition) is 3. The Bertz CT molecular complexity index is 487. The van der Waals surface area contributed by atoms with E-state index in [-0.39, 0.29) is 18.4 Å². The van der Waals surface area contributed by atoms with Crippen LogP contribution in [-0.4, -0.2) is 24.4 Å². The van der Waals surface area contributed by atoms with Crippen molar-refractivity contribution < 1.29 is 23.0 Å². The van der Waals surface area contributed by atoms with Gasteiger partial charge in [-0.1, -0.05) is 0 Å². The number of rotatable bonds is 8. The largest absolute Gasteiger partial charge is 0.494 e. The molecule has 1 aromatic carbocycles. The van der Waals surface area contributed by atoms with Crippen molar-refractivity contribution in [2.45, 2.75) is 50.9 Å². The van der Waals surface area contributed by atoms with E-state index in [0.717, 1.165) is 18.9 Å². The lowest BCUT2D eigenvalue weighted by atomic mass is 10.0. The van der Waals surface area contributed by atoms with Gasteiger partial charge in [0.25, 0.3) is 0 Å². The van der Waals surface area contributed by atoms with Crippen LogP contribution in [0, 0.1) is 0 Å². The Kier molecular flexibility index (Phi) is 5.69. The summed E-state index contributed by atoms with van der Waals surface area (Å²) >= 11 is 0. The molecule has 1 atom stereocenters. The molecule has 0 radical (unpaired) electrons. The van der Waals surface area contributed by atoms with E-state index < -0.39 is 11.7 Å². The van der Waals surface area contributed by atoms with Gasteiger partial charge in [0.15, 0.2) is 0 Å². The van der Waals surface area contributed by atoms with E-state index in [1.54, 1.807) is 6.07 Å². The molecule has 2 N–H and O–H groups in total. The number of unbranched alkanes of at least 4 members (excludes halogenated alkanes) is 1. The number of hydrogen-bond donors (Lipinski definition) is 2. The third-order valence-electron chi connectivity index (χ3n) is 3.64. The Morgan fingerprint density at radius 3 is 2.59 bits per heavy atom. The highest BCUT2D eigenvalue weighted by Crippen LogP contribution is 2.35. The van der Waals surface area contributed by atoms with Crippen molar-refractivity contribution in [3.63, 3.8) is 0 Å². The van der Waals surface area contributed by atoms with Gasteiger partial charge in [-0.3, -0.25) is 0 Å². The molecule has 3 nitrogen and oxygen atoms in total. The van der Waals surface area contributed by atoms with Crippen LogP contribution in [0.2, 0.25) is 0 Å². The van der Waals surface area contributed by atoms with Crippen LogP contribution in [0.15, 0.2) is 18.2 Å². The van der Waals surface area contributed by atoms with Crippen LogP contribution in [0.25, 0.3) is 0 Å². The number of benzene rings is 1. The third kappa shape index (κ3) is 5.18. The van der Waals surface area contributed by atoms with Gasteiger partial charge >= 0.3 is 6.18 Å². The van der Waals surface area contributed by atoms with Gasteiger partial charge in [-0.25, -0.2) is 0 Å². The third-order valence-corrected chi connectivity index (χ3v) is 3.64. The van der Waals surface area contributed by atoms with E-state index in [9.17, 15) is 13.2 Å². The van der Waals surface area contributed by atoms with Crippen molar-refractivity contribution in [3.05, 3.63) is 29.3 Å². The molecular weight excluding hydrogens is 295 g/mol. The van der Waals surface area contributed by atoms with Crippen molar-refractivity contribution in [1.29, 1.82) is 0 Å². The molecule has 1 aromatic rings. The van der Waals surface area contributed by atoms with Crippen LogP contribution in [0.5, 0.6) is 5.75 Å². The topological polar surface area (TPSA) is 41.5 Å². The number of nitrogens with one attached hydrogen (secondary N) is 1. The molecule has 1 aliphatic carbocycles. The lowest BCUT2D eigenvalue weighted by Gasteiger charge is -2.18. The molecule has 0 aliphatic heterocycles. The highest BCUT2D eigenvalue weighted by molar-refractivity contribution is 5.37. The van der Waals surface area contributed by atoms with Gasteiger partial charge in [0.1, 0.15) is 5.75 Å². The summed E-state index contributed by atoms with van der Waals surface area (Å²) in [7, 11) is 0. The van der Waals surface area contributed by atoms with Crippen molar-refractivity contribution >= 4 is 0 Å². The maximum Gasteiger partial charge on any atom is 0.416 e. The molecule has 1 unspecified atom stereocenters. The van der Waals surface area contributed by atoms with Crippen molar-refractivity contribution in [1.82, 2.24) is 5.32 Å². The predicted molar refractivity (Wildman–Crippen MR) is 77.8 cm³/mol. The molecule has 6 heteroatoms. The summed E-state index contributed by atoms with van der Waals surface area (Å²) in [5.41, 5.74) is -0.106. The predicted octanol–water partition coefficient (Wildman–Crippen LogP) is 3.67. The van der Waals surface area contributed by atoms with Gasteiger partial charge in [0.05, 0.1) is 12.2 Å². The van der Waals surface area contributed by atoms with E-state index in [2.05, 4.69) is 5.32 Å². The van der Waals surface area contributed by atoms with Crippen molar-refractivity contribution in [3.8, 4) is 5.75 Å². The Hall–Kier alpha value is -1.27. The van der Waals surface area contributed by atoms with Crippen LogP contribution in [0.3, 0.4) is 0 Å². The summed E-state index contributed by atoms with van der Waals surface area (Å²) in [4.78, 5) is 0. The maximum absolute atomic E-state index is 13.0. The molecule has 1 saturated carbocycles. The van der Waals surface area contributed by atoms with Gasteiger partial charge in [0, 0.05) is 18.7 Å². The number of aliphatic hydroxyl groups excluding tert-OH is 1. The SMILES string of the molecule is CC(NC1CC1)c1cc(OCCCCO)cc(C(F)(F)F)c1. The number of halogens is 3. The summed E-state index contributed by atoms with van der Waals surface area (Å²) in [6.07, 6.45) is -1.05. The number of ether oxygens (including phenoxy) is 1. The fourth-order valence-corrected chi connectivity index (χ4v) is 2.22. The van der Waals surface area contributed by atoms with Crippen LogP contribution in [0.4, 0.5) is 13.2 Å². The standard InChI is InChI=1S/C16H22F3NO2/c1-11(20-14-4-5-14)12-8-13(16(17,18)19)10-15(9-12)22-7-3-2-6-21/h8-11,14,20-21H,2-7H2,1H3. The Labute approximate surface area is 128 Å². The quantitative estimate of drug-likeness (QED) is 0.719. The molecule has 22 heavy (non-hydrogen) atoms. The average molecular weight is 317 g/mol. The van der Waals surface area contributed by atoms with Crippen LogP contribution < -0.4 is 10.1 Å². The van der Waals surface area contributed by atoms with E-state index >= 15 is 0 Å². The summed E-state index contributed by atoms with van der Waals surface area (Å²) in [5.74, 6) is 0.229. The monoisotopic (exact) mass is 317 g/mol. The first-order valence-corrected chi connectivity index (χ1v) is 7.62. The second kappa shape index (κ2) is 7.33. The Morgan fingerprint density at radius 2 is 2.00 bits per heavy atom. The lowest BCUT2D eigenvalue weighted by Crippen LogP contribution is -2.21. The number of alkyl halides is 3. The first-order valence-electron chi connectivity index (χ1n) is 7.62. The summed E-state index contributed by atoms with van der Waals surface area (Å²) < 4.78 is 44.5. The van der Waals surface area contributed by atoms with Crippen LogP contribution >= 0.6 is 0 Å². The minimum atomic E-state index is -4.39. The van der Waals surface area contributed by atoms with Crippen LogP contribution in [0.1, 0.15) is 49.8 Å². The minimum absolute atomic E-state index is 0.0551. The van der Waals surface area contributed by atoms with E-state index in [1.807, 2.05) is 6.92 Å². The molecule has 0 heterocycles. The highest BCUT2D eigenvalue weighted by atomic mass is 19.4. The zero-order valence-electron chi connectivity index (χ0n) is 12.6. The molecule has 0 aromatic heterocycles. The average Bonchev–Trinajstić information content (AvgIpc) is 3.26. The van der Waals surface area contributed by atoms with Gasteiger partial charge in [-0.2, -0.15) is 13.2 Å². The molecular formula is C16H22F3NO2. The normalized spacial score (nSPS) is 16.6. The van der Waals surface area contributed by atoms with Crippen molar-refractivity contribution in [2.24, 2.45) is 0 Å². The molecule has 1 aliphatic rings. The Balaban J connectivity index is 2.12. The second-order valence-corrected chi connectivity index (χ2v) is 5.73. The summed E-state index contributed by atoms with van der Waals surface area (Å²) in [6, 6.07) is 4.15. The molecule has 0 bridgehead atoms. The fourth-order valence-electron chi connectivity index (χ4n) is 2.22. The van der Waals surface area contributed by atoms with E-state index in [1.165, 1.54) is 6.07 Å². The molecule has 0 amide bonds. The fraction of sp³-hybridized carbons (Fsp3) is 0.625. The van der Waals surface area contributed by atoms with E-state index in [4.69, 9.17) is 9.84 Å². The zero-order chi connectivity index (χ0) is 16.2. The van der Waals surface area contributed by atoms with E-state index in [0.29, 0.717) is 31.1 Å². The minimum Gasteiger partial charge on any atom is -0.494 e. The van der Waals surface area contributed by atoms with Gasteiger partial charge < -0.3 is 15.2 Å². The van der Waals surface area contributed by atoms with Crippen LogP contribution in [-0.2, 0) is 6.18 Å². The molecule has 2 rings (SSSR count). The summed E-state index contributed by atoms with van der Waals surface area (Å²) in [5, 5.41) is 12.0. The smallest absolute Gasteiger partial charge is 0.416 e. The first kappa shape index (κ1) is 17.1. The maximum atomic E-state index is 13.0. The second-order valence-electron chi connectivity index (χ2n) is 5.73. The number of aliphatic hydroxyl groups is 1. The zero-order valence-corrected chi connectivity index (χ0v) is 12.6. The summed E-state index contributed by atoms with van der Waals surface area (Å²) in [6.45, 7) is 2.22. The Morgan fingerprint density at radius 1 is 1.27 bits per heavy atom. The lowest BCUT2D eigenvalue weighted by molar-refractivity contribution is -0.137. The molecule has 124 valence electrons.